The third kappa shape index (κ3) is 1.83. The van der Waals surface area contributed by atoms with Crippen molar-refractivity contribution in [2.45, 2.75) is 6.92 Å². The highest BCUT2D eigenvalue weighted by atomic mass is 79.9. The SMILES string of the molecule is COC(=O)c1c(O)ccc(C)c1Br. The lowest BCUT2D eigenvalue weighted by Gasteiger charge is -2.06. The first kappa shape index (κ1) is 10.1. The van der Waals surface area contributed by atoms with Gasteiger partial charge in [0.1, 0.15) is 11.3 Å². The molecule has 0 aromatic heterocycles. The van der Waals surface area contributed by atoms with Crippen molar-refractivity contribution in [2.75, 3.05) is 7.11 Å². The van der Waals surface area contributed by atoms with E-state index < -0.39 is 5.97 Å². The number of hydrogen-bond donors (Lipinski definition) is 1. The summed E-state index contributed by atoms with van der Waals surface area (Å²) in [6.45, 7) is 1.83. The van der Waals surface area contributed by atoms with E-state index in [1.807, 2.05) is 6.92 Å². The van der Waals surface area contributed by atoms with Crippen LogP contribution in [0.15, 0.2) is 16.6 Å². The molecule has 0 saturated carbocycles. The van der Waals surface area contributed by atoms with Gasteiger partial charge in [0, 0.05) is 4.47 Å². The normalized spacial score (nSPS) is 9.77. The van der Waals surface area contributed by atoms with Crippen LogP contribution in [0.25, 0.3) is 0 Å². The van der Waals surface area contributed by atoms with E-state index in [1.165, 1.54) is 13.2 Å². The van der Waals surface area contributed by atoms with Gasteiger partial charge in [-0.2, -0.15) is 0 Å². The number of hydrogen-bond acceptors (Lipinski definition) is 3. The molecule has 0 aliphatic rings. The Hall–Kier alpha value is -1.03. The van der Waals surface area contributed by atoms with E-state index in [-0.39, 0.29) is 11.3 Å². The molecule has 0 spiro atoms. The molecular weight excluding hydrogens is 236 g/mol. The molecule has 0 radical (unpaired) electrons. The number of carbonyl (C=O) groups excluding carboxylic acids is 1. The predicted octanol–water partition coefficient (Wildman–Crippen LogP) is 2.25. The standard InChI is InChI=1S/C9H9BrO3/c1-5-3-4-6(11)7(8(5)10)9(12)13-2/h3-4,11H,1-2H3. The van der Waals surface area contributed by atoms with Crippen molar-refractivity contribution in [3.63, 3.8) is 0 Å². The fourth-order valence-electron chi connectivity index (χ4n) is 0.966. The van der Waals surface area contributed by atoms with Gasteiger partial charge in [0.05, 0.1) is 7.11 Å². The molecule has 0 saturated heterocycles. The Morgan fingerprint density at radius 3 is 2.69 bits per heavy atom. The summed E-state index contributed by atoms with van der Waals surface area (Å²) in [7, 11) is 1.27. The average molecular weight is 245 g/mol. The van der Waals surface area contributed by atoms with E-state index in [0.717, 1.165) is 5.56 Å². The van der Waals surface area contributed by atoms with Gasteiger partial charge in [0.2, 0.25) is 0 Å². The van der Waals surface area contributed by atoms with E-state index in [9.17, 15) is 9.90 Å². The smallest absolute Gasteiger partial charge is 0.342 e. The van der Waals surface area contributed by atoms with Crippen molar-refractivity contribution in [1.29, 1.82) is 0 Å². The van der Waals surface area contributed by atoms with Crippen LogP contribution in [0.5, 0.6) is 5.75 Å². The van der Waals surface area contributed by atoms with Crippen LogP contribution in [0.2, 0.25) is 0 Å². The first-order chi connectivity index (χ1) is 6.07. The van der Waals surface area contributed by atoms with Gasteiger partial charge in [-0.05, 0) is 34.5 Å². The largest absolute Gasteiger partial charge is 0.507 e. The second-order valence-electron chi connectivity index (χ2n) is 2.58. The molecule has 0 amide bonds. The summed E-state index contributed by atoms with van der Waals surface area (Å²) in [5, 5.41) is 9.39. The number of esters is 1. The van der Waals surface area contributed by atoms with E-state index in [0.29, 0.717) is 4.47 Å². The van der Waals surface area contributed by atoms with Crippen molar-refractivity contribution in [1.82, 2.24) is 0 Å². The van der Waals surface area contributed by atoms with Gasteiger partial charge >= 0.3 is 5.97 Å². The number of rotatable bonds is 1. The fourth-order valence-corrected chi connectivity index (χ4v) is 1.46. The molecule has 1 aromatic rings. The Balaban J connectivity index is 3.33. The number of aromatic hydroxyl groups is 1. The van der Waals surface area contributed by atoms with E-state index >= 15 is 0 Å². The van der Waals surface area contributed by atoms with Gasteiger partial charge in [-0.15, -0.1) is 0 Å². The molecule has 13 heavy (non-hydrogen) atoms. The summed E-state index contributed by atoms with van der Waals surface area (Å²) in [6.07, 6.45) is 0. The topological polar surface area (TPSA) is 46.5 Å². The fraction of sp³-hybridized carbons (Fsp3) is 0.222. The molecule has 0 aliphatic heterocycles. The summed E-state index contributed by atoms with van der Waals surface area (Å²) in [5.74, 6) is -0.627. The van der Waals surface area contributed by atoms with Crippen LogP contribution in [-0.4, -0.2) is 18.2 Å². The maximum Gasteiger partial charge on any atom is 0.342 e. The van der Waals surface area contributed by atoms with Crippen molar-refractivity contribution in [3.05, 3.63) is 27.7 Å². The molecule has 3 nitrogen and oxygen atoms in total. The molecule has 1 rings (SSSR count). The minimum absolute atomic E-state index is 0.0793. The Bertz CT molecular complexity index is 347. The highest BCUT2D eigenvalue weighted by Crippen LogP contribution is 2.29. The number of aryl methyl sites for hydroxylation is 1. The molecule has 4 heteroatoms. The summed E-state index contributed by atoms with van der Waals surface area (Å²) >= 11 is 3.21. The first-order valence-electron chi connectivity index (χ1n) is 3.64. The Labute approximate surface area is 84.5 Å². The predicted molar refractivity (Wildman–Crippen MR) is 51.9 cm³/mol. The quantitative estimate of drug-likeness (QED) is 0.772. The zero-order chi connectivity index (χ0) is 10.0. The van der Waals surface area contributed by atoms with Crippen LogP contribution >= 0.6 is 15.9 Å². The van der Waals surface area contributed by atoms with Gasteiger partial charge in [-0.1, -0.05) is 6.07 Å². The molecule has 0 bridgehead atoms. The van der Waals surface area contributed by atoms with E-state index in [1.54, 1.807) is 6.07 Å². The highest BCUT2D eigenvalue weighted by Gasteiger charge is 2.16. The number of methoxy groups -OCH3 is 1. The van der Waals surface area contributed by atoms with Gasteiger partial charge < -0.3 is 9.84 Å². The van der Waals surface area contributed by atoms with Crippen LogP contribution < -0.4 is 0 Å². The van der Waals surface area contributed by atoms with Gasteiger partial charge in [0.15, 0.2) is 0 Å². The molecule has 1 aromatic carbocycles. The van der Waals surface area contributed by atoms with Crippen molar-refractivity contribution in [3.8, 4) is 5.75 Å². The molecule has 0 atom stereocenters. The van der Waals surface area contributed by atoms with Crippen molar-refractivity contribution in [2.24, 2.45) is 0 Å². The van der Waals surface area contributed by atoms with Crippen molar-refractivity contribution >= 4 is 21.9 Å². The Morgan fingerprint density at radius 1 is 1.54 bits per heavy atom. The summed E-state index contributed by atoms with van der Waals surface area (Å²) in [4.78, 5) is 11.2. The minimum atomic E-state index is -0.548. The lowest BCUT2D eigenvalue weighted by atomic mass is 10.1. The monoisotopic (exact) mass is 244 g/mol. The van der Waals surface area contributed by atoms with Gasteiger partial charge in [-0.3, -0.25) is 0 Å². The second kappa shape index (κ2) is 3.79. The van der Waals surface area contributed by atoms with Crippen LogP contribution in [0.3, 0.4) is 0 Å². The van der Waals surface area contributed by atoms with Crippen molar-refractivity contribution < 1.29 is 14.6 Å². The Morgan fingerprint density at radius 2 is 2.15 bits per heavy atom. The lowest BCUT2D eigenvalue weighted by Crippen LogP contribution is -2.03. The zero-order valence-electron chi connectivity index (χ0n) is 7.30. The minimum Gasteiger partial charge on any atom is -0.507 e. The molecule has 70 valence electrons. The highest BCUT2D eigenvalue weighted by molar-refractivity contribution is 9.10. The first-order valence-corrected chi connectivity index (χ1v) is 4.43. The average Bonchev–Trinajstić information content (AvgIpc) is 2.12. The molecule has 0 heterocycles. The zero-order valence-corrected chi connectivity index (χ0v) is 8.88. The number of phenols is 1. The van der Waals surface area contributed by atoms with Crippen LogP contribution in [-0.2, 0) is 4.74 Å². The van der Waals surface area contributed by atoms with E-state index in [2.05, 4.69) is 20.7 Å². The maximum absolute atomic E-state index is 11.2. The maximum atomic E-state index is 11.2. The molecular formula is C9H9BrO3. The molecule has 1 N–H and O–H groups in total. The lowest BCUT2D eigenvalue weighted by molar-refractivity contribution is 0.0596. The van der Waals surface area contributed by atoms with Gasteiger partial charge in [-0.25, -0.2) is 4.79 Å². The Kier molecular flexibility index (Phi) is 2.93. The number of ether oxygens (including phenoxy) is 1. The van der Waals surface area contributed by atoms with Crippen LogP contribution in [0.1, 0.15) is 15.9 Å². The summed E-state index contributed by atoms with van der Waals surface area (Å²) in [5.41, 5.74) is 1.04. The number of halogens is 1. The summed E-state index contributed by atoms with van der Waals surface area (Å²) in [6, 6.07) is 3.18. The number of phenolic OH excluding ortho intramolecular Hbond substituents is 1. The second-order valence-corrected chi connectivity index (χ2v) is 3.38. The third-order valence-corrected chi connectivity index (χ3v) is 2.72. The number of benzene rings is 1. The van der Waals surface area contributed by atoms with Gasteiger partial charge in [0.25, 0.3) is 0 Å². The molecule has 0 unspecified atom stereocenters. The molecule has 0 aliphatic carbocycles. The third-order valence-electron chi connectivity index (χ3n) is 1.70. The van der Waals surface area contributed by atoms with Crippen LogP contribution in [0, 0.1) is 6.92 Å². The van der Waals surface area contributed by atoms with E-state index in [4.69, 9.17) is 0 Å². The summed E-state index contributed by atoms with van der Waals surface area (Å²) < 4.78 is 5.09. The van der Waals surface area contributed by atoms with Crippen LogP contribution in [0.4, 0.5) is 0 Å². The number of carbonyl (C=O) groups is 1. The molecule has 0 fully saturated rings.